The summed E-state index contributed by atoms with van der Waals surface area (Å²) in [6.45, 7) is 0.624. The smallest absolute Gasteiger partial charge is 0.169 e. The van der Waals surface area contributed by atoms with Gasteiger partial charge in [-0.15, -0.1) is 0 Å². The summed E-state index contributed by atoms with van der Waals surface area (Å²) in [4.78, 5) is 6.16. The van der Waals surface area contributed by atoms with Crippen molar-refractivity contribution in [3.05, 3.63) is 164 Å². The molecule has 2 fully saturated rings. The molecule has 6 rings (SSSR count). The molecule has 14 heteroatoms. The molecule has 4 aromatic carbocycles. The van der Waals surface area contributed by atoms with E-state index in [4.69, 9.17) is 33.2 Å². The summed E-state index contributed by atoms with van der Waals surface area (Å²) >= 11 is 0. The zero-order chi connectivity index (χ0) is 38.2. The Morgan fingerprint density at radius 3 is 1.53 bits per heavy atom. The Kier molecular flexibility index (Phi) is 15.0. The second-order valence-electron chi connectivity index (χ2n) is 13.4. The molecule has 1 heterocycles. The standard InChI is InChI=1S/C41H46N6O8/c1-49-33-22-32(48)36(40(53-27-31-20-12-5-13-21-31)37(33)50-24-28-14-6-2-7-15-28)55-41-35(45-47-43)39(52-26-30-18-10-4-11-19-30)38(34(54-41)23-44-46-42)51-25-29-16-8-3-9-17-29/h2-21,32-41,48H,22-27H2,1H3/t32-,33+,34-,35-,36-,37+,38-,39-,40+,41-/m1/s1. The third kappa shape index (κ3) is 10.9. The molecule has 55 heavy (non-hydrogen) atoms. The van der Waals surface area contributed by atoms with Crippen LogP contribution in [0.4, 0.5) is 0 Å². The van der Waals surface area contributed by atoms with Crippen molar-refractivity contribution < 1.29 is 38.3 Å². The number of ether oxygens (including phenoxy) is 7. The maximum atomic E-state index is 11.8. The molecule has 1 saturated heterocycles. The second kappa shape index (κ2) is 20.7. The van der Waals surface area contributed by atoms with Crippen LogP contribution in [0.2, 0.25) is 0 Å². The average molecular weight is 751 g/mol. The van der Waals surface area contributed by atoms with Crippen molar-refractivity contribution in [2.75, 3.05) is 13.7 Å². The Balaban J connectivity index is 1.33. The van der Waals surface area contributed by atoms with E-state index in [2.05, 4.69) is 20.1 Å². The number of aliphatic hydroxyl groups excluding tert-OH is 1. The van der Waals surface area contributed by atoms with Gasteiger partial charge < -0.3 is 38.3 Å². The zero-order valence-electron chi connectivity index (χ0n) is 30.6. The van der Waals surface area contributed by atoms with Crippen LogP contribution in [-0.2, 0) is 59.6 Å². The predicted molar refractivity (Wildman–Crippen MR) is 202 cm³/mol. The normalized spacial score (nSPS) is 27.7. The number of benzene rings is 4. The Labute approximate surface area is 320 Å². The fraction of sp³-hybridized carbons (Fsp3) is 0.415. The van der Waals surface area contributed by atoms with Gasteiger partial charge in [0.15, 0.2) is 6.29 Å². The van der Waals surface area contributed by atoms with Crippen molar-refractivity contribution in [3.63, 3.8) is 0 Å². The van der Waals surface area contributed by atoms with Crippen LogP contribution >= 0.6 is 0 Å². The van der Waals surface area contributed by atoms with Gasteiger partial charge in [-0.1, -0.05) is 132 Å². The van der Waals surface area contributed by atoms with Crippen molar-refractivity contribution in [1.82, 2.24) is 0 Å². The maximum absolute atomic E-state index is 11.8. The van der Waals surface area contributed by atoms with Crippen LogP contribution in [0.5, 0.6) is 0 Å². The first-order valence-electron chi connectivity index (χ1n) is 18.3. The number of rotatable bonds is 18. The molecule has 2 aliphatic rings. The van der Waals surface area contributed by atoms with Crippen LogP contribution in [0.1, 0.15) is 28.7 Å². The van der Waals surface area contributed by atoms with Crippen LogP contribution in [0, 0.1) is 0 Å². The van der Waals surface area contributed by atoms with Crippen molar-refractivity contribution in [3.8, 4) is 0 Å². The topological polar surface area (TPSA) is 182 Å². The first kappa shape index (κ1) is 39.9. The first-order chi connectivity index (χ1) is 27.1. The van der Waals surface area contributed by atoms with Gasteiger partial charge >= 0.3 is 0 Å². The summed E-state index contributed by atoms with van der Waals surface area (Å²) in [5.41, 5.74) is 22.9. The van der Waals surface area contributed by atoms with Crippen molar-refractivity contribution in [1.29, 1.82) is 0 Å². The summed E-state index contributed by atoms with van der Waals surface area (Å²) in [7, 11) is 1.57. The van der Waals surface area contributed by atoms with E-state index in [-0.39, 0.29) is 39.4 Å². The fourth-order valence-corrected chi connectivity index (χ4v) is 6.98. The van der Waals surface area contributed by atoms with Crippen LogP contribution in [0.25, 0.3) is 20.9 Å². The second-order valence-corrected chi connectivity index (χ2v) is 13.4. The summed E-state index contributed by atoms with van der Waals surface area (Å²) < 4.78 is 45.2. The summed E-state index contributed by atoms with van der Waals surface area (Å²) in [6.07, 6.45) is -8.07. The fourth-order valence-electron chi connectivity index (χ4n) is 6.98. The van der Waals surface area contributed by atoms with Crippen LogP contribution < -0.4 is 0 Å². The van der Waals surface area contributed by atoms with Crippen molar-refractivity contribution in [2.24, 2.45) is 10.2 Å². The highest BCUT2D eigenvalue weighted by Gasteiger charge is 2.53. The average Bonchev–Trinajstić information content (AvgIpc) is 3.23. The molecule has 0 spiro atoms. The molecule has 1 aliphatic carbocycles. The molecule has 4 aromatic rings. The zero-order valence-corrected chi connectivity index (χ0v) is 30.6. The SMILES string of the molecule is CO[C@H]1C[C@@H](O)[C@@H](O[C@H]2O[C@H](CN=[N+]=[N-])[C@@H](OCc3ccccc3)[C@H](OCc3ccccc3)[C@H]2N=[N+]=[N-])[C@H](OCc2ccccc2)[C@H]1OCc1ccccc1. The molecule has 14 nitrogen and oxygen atoms in total. The van der Waals surface area contributed by atoms with Crippen LogP contribution in [0.3, 0.4) is 0 Å². The number of aliphatic hydroxyl groups is 1. The Hall–Kier alpha value is -4.82. The minimum absolute atomic E-state index is 0.139. The Morgan fingerprint density at radius 2 is 1.07 bits per heavy atom. The lowest BCUT2D eigenvalue weighted by molar-refractivity contribution is -0.318. The van der Waals surface area contributed by atoms with Crippen LogP contribution in [0.15, 0.2) is 132 Å². The molecular formula is C41H46N6O8. The van der Waals surface area contributed by atoms with Crippen LogP contribution in [-0.4, -0.2) is 79.9 Å². The first-order valence-corrected chi connectivity index (χ1v) is 18.3. The third-order valence-corrected chi connectivity index (χ3v) is 9.73. The molecule has 0 aromatic heterocycles. The van der Waals surface area contributed by atoms with Gasteiger partial charge in [0.2, 0.25) is 0 Å². The van der Waals surface area contributed by atoms with Gasteiger partial charge in [-0.25, -0.2) is 0 Å². The summed E-state index contributed by atoms with van der Waals surface area (Å²) in [6, 6.07) is 37.3. The van der Waals surface area contributed by atoms with E-state index < -0.39 is 61.2 Å². The summed E-state index contributed by atoms with van der Waals surface area (Å²) in [5, 5.41) is 19.7. The summed E-state index contributed by atoms with van der Waals surface area (Å²) in [5.74, 6) is 0. The van der Waals surface area contributed by atoms with E-state index in [1.54, 1.807) is 7.11 Å². The number of hydrogen-bond acceptors (Lipinski definition) is 10. The number of hydrogen-bond donors (Lipinski definition) is 1. The van der Waals surface area contributed by atoms with Gasteiger partial charge in [0, 0.05) is 23.4 Å². The van der Waals surface area contributed by atoms with Gasteiger partial charge in [0.25, 0.3) is 0 Å². The molecule has 1 saturated carbocycles. The van der Waals surface area contributed by atoms with E-state index in [9.17, 15) is 16.2 Å². The molecule has 288 valence electrons. The van der Waals surface area contributed by atoms with E-state index in [1.807, 2.05) is 121 Å². The lowest BCUT2D eigenvalue weighted by Gasteiger charge is -2.48. The highest BCUT2D eigenvalue weighted by molar-refractivity contribution is 5.17. The third-order valence-electron chi connectivity index (χ3n) is 9.73. The Morgan fingerprint density at radius 1 is 0.618 bits per heavy atom. The molecule has 0 amide bonds. The molecule has 1 aliphatic heterocycles. The Bertz CT molecular complexity index is 1820. The van der Waals surface area contributed by atoms with Gasteiger partial charge in [-0.05, 0) is 33.3 Å². The maximum Gasteiger partial charge on any atom is 0.169 e. The molecule has 0 unspecified atom stereocenters. The molecule has 0 bridgehead atoms. The monoisotopic (exact) mass is 750 g/mol. The molecular weight excluding hydrogens is 704 g/mol. The van der Waals surface area contributed by atoms with E-state index in [0.717, 1.165) is 22.3 Å². The number of azide groups is 2. The molecule has 10 atom stereocenters. The van der Waals surface area contributed by atoms with E-state index >= 15 is 0 Å². The van der Waals surface area contributed by atoms with Crippen molar-refractivity contribution in [2.45, 2.75) is 94.0 Å². The predicted octanol–water partition coefficient (Wildman–Crippen LogP) is 7.21. The molecule has 1 N–H and O–H groups in total. The minimum atomic E-state index is -1.29. The van der Waals surface area contributed by atoms with Gasteiger partial charge in [0.1, 0.15) is 36.6 Å². The van der Waals surface area contributed by atoms with Crippen molar-refractivity contribution >= 4 is 0 Å². The van der Waals surface area contributed by atoms with Gasteiger partial charge in [-0.3, -0.25) is 0 Å². The minimum Gasteiger partial charge on any atom is -0.390 e. The lowest BCUT2D eigenvalue weighted by Crippen LogP contribution is -2.64. The largest absolute Gasteiger partial charge is 0.390 e. The highest BCUT2D eigenvalue weighted by atomic mass is 16.7. The lowest BCUT2D eigenvalue weighted by atomic mass is 9.86. The number of methoxy groups -OCH3 is 1. The quantitative estimate of drug-likeness (QED) is 0.0629. The van der Waals surface area contributed by atoms with Gasteiger partial charge in [-0.2, -0.15) is 0 Å². The van der Waals surface area contributed by atoms with E-state index in [1.165, 1.54) is 0 Å². The van der Waals surface area contributed by atoms with E-state index in [0.29, 0.717) is 0 Å². The number of nitrogens with zero attached hydrogens (tertiary/aromatic N) is 6. The highest BCUT2D eigenvalue weighted by Crippen LogP contribution is 2.36. The van der Waals surface area contributed by atoms with Gasteiger partial charge in [0.05, 0.1) is 51.3 Å². The molecule has 0 radical (unpaired) electrons.